The van der Waals surface area contributed by atoms with Crippen LogP contribution < -0.4 is 0 Å². The van der Waals surface area contributed by atoms with Crippen molar-refractivity contribution in [3.63, 3.8) is 0 Å². The van der Waals surface area contributed by atoms with E-state index in [1.54, 1.807) is 26.0 Å². The number of nitrogens with zero attached hydrogens (tertiary/aromatic N) is 2. The van der Waals surface area contributed by atoms with Crippen LogP contribution in [0.5, 0.6) is 0 Å². The fourth-order valence-corrected chi connectivity index (χ4v) is 5.88. The molecule has 2 fully saturated rings. The highest BCUT2D eigenvalue weighted by Gasteiger charge is 2.71. The van der Waals surface area contributed by atoms with Crippen LogP contribution in [-0.4, -0.2) is 67.0 Å². The number of carbonyl (C=O) groups excluding carboxylic acids is 4. The van der Waals surface area contributed by atoms with Gasteiger partial charge in [0.05, 0.1) is 33.8 Å². The van der Waals surface area contributed by atoms with Crippen molar-refractivity contribution in [3.05, 3.63) is 35.4 Å². The normalized spacial score (nSPS) is 31.6. The van der Waals surface area contributed by atoms with E-state index in [2.05, 4.69) is 0 Å². The molecule has 0 radical (unpaired) electrons. The Morgan fingerprint density at radius 1 is 1.12 bits per heavy atom. The number of methoxy groups -OCH3 is 1. The predicted octanol–water partition coefficient (Wildman–Crippen LogP) is -0.0980. The van der Waals surface area contributed by atoms with Crippen molar-refractivity contribution in [3.8, 4) is 0 Å². The van der Waals surface area contributed by atoms with E-state index >= 15 is 0 Å². The van der Waals surface area contributed by atoms with Gasteiger partial charge in [-0.1, -0.05) is 12.1 Å². The van der Waals surface area contributed by atoms with Gasteiger partial charge in [-0.3, -0.25) is 23.5 Å². The fourth-order valence-electron chi connectivity index (χ4n) is 3.93. The van der Waals surface area contributed by atoms with Crippen LogP contribution in [0.3, 0.4) is 0 Å². The maximum absolute atomic E-state index is 13.0. The van der Waals surface area contributed by atoms with Gasteiger partial charge in [-0.25, -0.2) is 4.79 Å². The van der Waals surface area contributed by atoms with Crippen molar-refractivity contribution < 1.29 is 28.1 Å². The number of amides is 3. The van der Waals surface area contributed by atoms with Gasteiger partial charge < -0.3 is 9.64 Å². The van der Waals surface area contributed by atoms with E-state index < -0.39 is 56.7 Å². The number of benzene rings is 1. The predicted molar refractivity (Wildman–Crippen MR) is 89.4 cm³/mol. The van der Waals surface area contributed by atoms with Gasteiger partial charge >= 0.3 is 5.97 Å². The molecule has 0 aromatic heterocycles. The number of fused-ring (bicyclic) bond motifs is 2. The first-order valence-corrected chi connectivity index (χ1v) is 9.22. The lowest BCUT2D eigenvalue weighted by molar-refractivity contribution is -0.164. The van der Waals surface area contributed by atoms with Crippen molar-refractivity contribution in [1.82, 2.24) is 9.80 Å². The standard InChI is InChI=1S/C17H16N2O6S/c1-17(2)11(16(23)25-3)19-14(22)10(15(19)26(17)24)18-12(20)8-6-4-5-7-9(8)13(18)21/h4-7,10-11,15H,1-3H3/t10-,11?,15-,26?/m1/s1. The molecule has 3 aliphatic heterocycles. The van der Waals surface area contributed by atoms with Crippen LogP contribution in [0.4, 0.5) is 0 Å². The second-order valence-corrected chi connectivity index (χ2v) is 9.06. The summed E-state index contributed by atoms with van der Waals surface area (Å²) in [7, 11) is -0.462. The topological polar surface area (TPSA) is 101 Å². The number of hydrogen-bond donors (Lipinski definition) is 0. The summed E-state index contributed by atoms with van der Waals surface area (Å²) >= 11 is 0. The minimum Gasteiger partial charge on any atom is -0.467 e. The summed E-state index contributed by atoms with van der Waals surface area (Å²) in [5.74, 6) is -2.40. The molecule has 0 saturated carbocycles. The Balaban J connectivity index is 1.73. The minimum absolute atomic E-state index is 0.219. The van der Waals surface area contributed by atoms with E-state index in [9.17, 15) is 23.4 Å². The van der Waals surface area contributed by atoms with Crippen LogP contribution in [0.15, 0.2) is 24.3 Å². The third-order valence-electron chi connectivity index (χ3n) is 5.25. The maximum Gasteiger partial charge on any atom is 0.330 e. The first-order valence-electron chi connectivity index (χ1n) is 8.01. The van der Waals surface area contributed by atoms with Crippen molar-refractivity contribution in [2.24, 2.45) is 0 Å². The molecular formula is C17H16N2O6S. The van der Waals surface area contributed by atoms with E-state index in [1.807, 2.05) is 0 Å². The molecule has 8 nitrogen and oxygen atoms in total. The number of rotatable bonds is 2. The summed E-state index contributed by atoms with van der Waals surface area (Å²) in [4.78, 5) is 52.3. The number of β-lactam (4-membered cyclic amide) rings is 1. The van der Waals surface area contributed by atoms with Gasteiger partial charge in [-0.2, -0.15) is 0 Å². The van der Waals surface area contributed by atoms with E-state index in [0.717, 1.165) is 4.90 Å². The van der Waals surface area contributed by atoms with Gasteiger partial charge in [0.2, 0.25) is 0 Å². The highest BCUT2D eigenvalue weighted by atomic mass is 32.2. The largest absolute Gasteiger partial charge is 0.467 e. The quantitative estimate of drug-likeness (QED) is 0.406. The Bertz CT molecular complexity index is 875. The summed E-state index contributed by atoms with van der Waals surface area (Å²) in [6.07, 6.45) is 0. The molecule has 3 aliphatic rings. The van der Waals surface area contributed by atoms with Crippen molar-refractivity contribution in [2.45, 2.75) is 36.1 Å². The van der Waals surface area contributed by atoms with Crippen LogP contribution in [0.2, 0.25) is 0 Å². The number of hydrogen-bond acceptors (Lipinski definition) is 6. The number of esters is 1. The Morgan fingerprint density at radius 3 is 2.15 bits per heavy atom. The molecule has 0 N–H and O–H groups in total. The SMILES string of the molecule is COC(=O)C1N2C(=O)[C@@H](N3C(=O)c4ccccc4C3=O)[C@H]2S(=O)C1(C)C. The molecule has 0 bridgehead atoms. The molecule has 2 unspecified atom stereocenters. The number of carbonyl (C=O) groups is 4. The summed E-state index contributed by atoms with van der Waals surface area (Å²) in [6, 6.07) is 4.11. The van der Waals surface area contributed by atoms with E-state index in [0.29, 0.717) is 0 Å². The smallest absolute Gasteiger partial charge is 0.330 e. The van der Waals surface area contributed by atoms with Gasteiger partial charge in [0.1, 0.15) is 11.4 Å². The molecule has 2 saturated heterocycles. The van der Waals surface area contributed by atoms with Crippen molar-refractivity contribution in [2.75, 3.05) is 7.11 Å². The molecule has 4 rings (SSSR count). The zero-order chi connectivity index (χ0) is 19.0. The van der Waals surface area contributed by atoms with Crippen LogP contribution in [-0.2, 0) is 25.1 Å². The molecule has 26 heavy (non-hydrogen) atoms. The van der Waals surface area contributed by atoms with Crippen LogP contribution in [0.25, 0.3) is 0 Å². The monoisotopic (exact) mass is 376 g/mol. The van der Waals surface area contributed by atoms with E-state index in [4.69, 9.17) is 4.74 Å². The van der Waals surface area contributed by atoms with Gasteiger partial charge in [0.25, 0.3) is 17.7 Å². The third kappa shape index (κ3) is 1.81. The highest BCUT2D eigenvalue weighted by molar-refractivity contribution is 7.87. The second kappa shape index (κ2) is 5.23. The van der Waals surface area contributed by atoms with Gasteiger partial charge in [-0.15, -0.1) is 0 Å². The molecule has 136 valence electrons. The Morgan fingerprint density at radius 2 is 1.65 bits per heavy atom. The van der Waals surface area contributed by atoms with Crippen LogP contribution in [0, 0.1) is 0 Å². The average Bonchev–Trinajstić information content (AvgIpc) is 2.97. The van der Waals surface area contributed by atoms with Gasteiger partial charge in [0, 0.05) is 0 Å². The lowest BCUT2D eigenvalue weighted by Crippen LogP contribution is -2.72. The van der Waals surface area contributed by atoms with E-state index in [1.165, 1.54) is 24.1 Å². The maximum atomic E-state index is 13.0. The Kier molecular flexibility index (Phi) is 3.40. The average molecular weight is 376 g/mol. The lowest BCUT2D eigenvalue weighted by Gasteiger charge is -2.45. The molecular weight excluding hydrogens is 360 g/mol. The third-order valence-corrected chi connectivity index (χ3v) is 7.44. The molecule has 0 spiro atoms. The van der Waals surface area contributed by atoms with Gasteiger partial charge in [0.15, 0.2) is 6.04 Å². The van der Waals surface area contributed by atoms with Crippen molar-refractivity contribution in [1.29, 1.82) is 0 Å². The molecule has 1 aromatic rings. The molecule has 3 heterocycles. The molecule has 0 aliphatic carbocycles. The van der Waals surface area contributed by atoms with Gasteiger partial charge in [-0.05, 0) is 26.0 Å². The summed E-state index contributed by atoms with van der Waals surface area (Å²) in [5, 5.41) is -0.913. The zero-order valence-corrected chi connectivity index (χ0v) is 15.1. The first kappa shape index (κ1) is 16.9. The molecule has 9 heteroatoms. The number of ether oxygens (including phenoxy) is 1. The zero-order valence-electron chi connectivity index (χ0n) is 14.3. The number of imide groups is 1. The summed E-state index contributed by atoms with van der Waals surface area (Å²) < 4.78 is 16.7. The Labute approximate surface area is 151 Å². The first-order chi connectivity index (χ1) is 12.2. The Hall–Kier alpha value is -2.55. The van der Waals surface area contributed by atoms with Crippen molar-refractivity contribution >= 4 is 34.5 Å². The molecule has 1 aromatic carbocycles. The molecule has 4 atom stereocenters. The summed E-state index contributed by atoms with van der Waals surface area (Å²) in [6.45, 7) is 3.21. The van der Waals surface area contributed by atoms with E-state index in [-0.39, 0.29) is 11.1 Å². The summed E-state index contributed by atoms with van der Waals surface area (Å²) in [5.41, 5.74) is 0.438. The van der Waals surface area contributed by atoms with Crippen LogP contribution >= 0.6 is 0 Å². The van der Waals surface area contributed by atoms with Crippen LogP contribution in [0.1, 0.15) is 34.6 Å². The minimum atomic E-state index is -1.66. The molecule has 3 amide bonds. The highest BCUT2D eigenvalue weighted by Crippen LogP contribution is 2.46. The fraction of sp³-hybridized carbons (Fsp3) is 0.412. The second-order valence-electron chi connectivity index (χ2n) is 6.93. The lowest BCUT2D eigenvalue weighted by atomic mass is 9.95.